The number of aliphatic hydroxyl groups is 1. The topological polar surface area (TPSA) is 148 Å². The fraction of sp³-hybridized carbons (Fsp3) is 0.333. The van der Waals surface area contributed by atoms with E-state index >= 15 is 0 Å². The van der Waals surface area contributed by atoms with E-state index < -0.39 is 22.5 Å². The molecule has 0 aliphatic heterocycles. The second kappa shape index (κ2) is 10.3. The summed E-state index contributed by atoms with van der Waals surface area (Å²) in [6, 6.07) is 3.33. The summed E-state index contributed by atoms with van der Waals surface area (Å²) in [6.45, 7) is 0.549. The highest BCUT2D eigenvalue weighted by Crippen LogP contribution is 2.28. The fourth-order valence-electron chi connectivity index (χ4n) is 3.80. The first-order chi connectivity index (χ1) is 16.2. The number of pyridine rings is 1. The van der Waals surface area contributed by atoms with Crippen LogP contribution in [0.1, 0.15) is 34.3 Å². The van der Waals surface area contributed by atoms with Crippen molar-refractivity contribution in [2.45, 2.75) is 37.6 Å². The quantitative estimate of drug-likeness (QED) is 0.337. The predicted octanol–water partition coefficient (Wildman–Crippen LogP) is 1.50. The molecule has 1 aliphatic rings. The molecule has 0 saturated heterocycles. The van der Waals surface area contributed by atoms with Gasteiger partial charge in [0, 0.05) is 60.7 Å². The lowest BCUT2D eigenvalue weighted by Crippen LogP contribution is -2.31. The molecule has 0 bridgehead atoms. The number of carbonyl (C=O) groups is 1. The van der Waals surface area contributed by atoms with E-state index in [9.17, 15) is 18.3 Å². The molecule has 0 amide bonds. The van der Waals surface area contributed by atoms with Crippen LogP contribution < -0.4 is 10.0 Å². The van der Waals surface area contributed by atoms with Gasteiger partial charge in [-0.25, -0.2) is 9.97 Å². The van der Waals surface area contributed by atoms with E-state index in [1.165, 1.54) is 19.6 Å². The fourth-order valence-corrected chi connectivity index (χ4v) is 4.84. The predicted molar refractivity (Wildman–Crippen MR) is 126 cm³/mol. The second-order valence-corrected chi connectivity index (χ2v) is 10.3. The lowest BCUT2D eigenvalue weighted by atomic mass is 10.1. The maximum atomic E-state index is 13.2. The number of rotatable bonds is 9. The van der Waals surface area contributed by atoms with Crippen molar-refractivity contribution < 1.29 is 22.5 Å². The molecule has 1 aliphatic carbocycles. The van der Waals surface area contributed by atoms with Crippen molar-refractivity contribution in [3.8, 4) is 0 Å². The summed E-state index contributed by atoms with van der Waals surface area (Å²) >= 11 is 3.40. The lowest BCUT2D eigenvalue weighted by Gasteiger charge is -2.15. The van der Waals surface area contributed by atoms with Gasteiger partial charge in [-0.3, -0.25) is 14.0 Å². The van der Waals surface area contributed by atoms with Gasteiger partial charge in [-0.15, -0.1) is 0 Å². The van der Waals surface area contributed by atoms with Crippen LogP contribution in [0, 0.1) is 0 Å². The number of nitrogens with zero attached hydrogens (tertiary/aromatic N) is 4. The number of hydrogen-bond acceptors (Lipinski definition) is 9. The Kier molecular flexibility index (Phi) is 7.38. The number of nitrogens with one attached hydrogen (secondary N) is 2. The summed E-state index contributed by atoms with van der Waals surface area (Å²) in [6.07, 6.45) is 8.32. The van der Waals surface area contributed by atoms with Crippen molar-refractivity contribution in [1.82, 2.24) is 24.2 Å². The molecule has 3 N–H and O–H groups in total. The summed E-state index contributed by atoms with van der Waals surface area (Å²) in [5.74, 6) is 0.0385. The first-order valence-corrected chi connectivity index (χ1v) is 12.6. The van der Waals surface area contributed by atoms with Crippen molar-refractivity contribution >= 4 is 37.8 Å². The second-order valence-electron chi connectivity index (χ2n) is 7.87. The summed E-state index contributed by atoms with van der Waals surface area (Å²) in [4.78, 5) is 25.5. The van der Waals surface area contributed by atoms with E-state index in [1.807, 2.05) is 16.8 Å². The van der Waals surface area contributed by atoms with Crippen LogP contribution in [0.2, 0.25) is 0 Å². The number of carbonyl (C=O) groups excluding carboxylic acids is 1. The molecule has 1 saturated carbocycles. The molecule has 3 aromatic heterocycles. The number of aliphatic hydroxyl groups excluding tert-OH is 1. The minimum Gasteiger partial charge on any atom is -0.390 e. The van der Waals surface area contributed by atoms with E-state index in [4.69, 9.17) is 4.18 Å². The molecule has 3 atom stereocenters. The Morgan fingerprint density at radius 1 is 1.29 bits per heavy atom. The third kappa shape index (κ3) is 5.85. The molecule has 0 radical (unpaired) electrons. The summed E-state index contributed by atoms with van der Waals surface area (Å²) in [5, 5.41) is 13.4. The average Bonchev–Trinajstić information content (AvgIpc) is 3.40. The van der Waals surface area contributed by atoms with E-state index in [-0.39, 0.29) is 30.2 Å². The molecule has 1 fully saturated rings. The van der Waals surface area contributed by atoms with Gasteiger partial charge in [-0.2, -0.15) is 13.1 Å². The average molecular weight is 551 g/mol. The molecule has 11 nitrogen and oxygen atoms in total. The Morgan fingerprint density at radius 2 is 2.12 bits per heavy atom. The molecule has 13 heteroatoms. The maximum absolute atomic E-state index is 13.2. The Labute approximate surface area is 205 Å². The van der Waals surface area contributed by atoms with Crippen LogP contribution in [0.15, 0.2) is 53.9 Å². The third-order valence-corrected chi connectivity index (χ3v) is 6.84. The van der Waals surface area contributed by atoms with Gasteiger partial charge < -0.3 is 15.0 Å². The minimum atomic E-state index is -3.94. The number of aromatic nitrogens is 4. The normalized spacial score (nSPS) is 20.4. The van der Waals surface area contributed by atoms with Crippen LogP contribution in [-0.2, 0) is 21.0 Å². The monoisotopic (exact) mass is 550 g/mol. The van der Waals surface area contributed by atoms with E-state index in [0.29, 0.717) is 17.9 Å². The highest BCUT2D eigenvalue weighted by atomic mass is 79.9. The third-order valence-electron chi connectivity index (χ3n) is 5.41. The van der Waals surface area contributed by atoms with E-state index in [2.05, 4.69) is 40.9 Å². The van der Waals surface area contributed by atoms with Crippen LogP contribution in [0.25, 0.3) is 0 Å². The van der Waals surface area contributed by atoms with Crippen LogP contribution in [-0.4, -0.2) is 64.1 Å². The van der Waals surface area contributed by atoms with Gasteiger partial charge in [-0.1, -0.05) is 0 Å². The molecular formula is C21H23BrN6O5S. The zero-order valence-corrected chi connectivity index (χ0v) is 20.5. The highest BCUT2D eigenvalue weighted by Gasteiger charge is 2.37. The maximum Gasteiger partial charge on any atom is 0.335 e. The summed E-state index contributed by atoms with van der Waals surface area (Å²) in [7, 11) is -2.71. The van der Waals surface area contributed by atoms with Gasteiger partial charge in [0.25, 0.3) is 0 Å². The number of halogens is 1. The Hall–Kier alpha value is -2.71. The molecule has 3 heterocycles. The highest BCUT2D eigenvalue weighted by molar-refractivity contribution is 9.10. The molecule has 0 unspecified atom stereocenters. The summed E-state index contributed by atoms with van der Waals surface area (Å²) < 4.78 is 33.1. The standard InChI is InChI=1S/C21H23BrN6O5S/c1-23-34(31,32)33-19-6-16(5-18(19)29)27-21-17(9-25-12-26-21)20(30)14-2-3-28(11-14)10-13-4-15(22)8-24-7-13/h2-4,7-9,11-12,16,18-19,23,29H,5-6,10H2,1H3,(H,25,26,27)/t16-,18+,19-/m1/s1. The van der Waals surface area contributed by atoms with Crippen molar-refractivity contribution in [3.63, 3.8) is 0 Å². The summed E-state index contributed by atoms with van der Waals surface area (Å²) in [5.41, 5.74) is 1.71. The van der Waals surface area contributed by atoms with Gasteiger partial charge in [-0.05, 0) is 46.5 Å². The molecule has 180 valence electrons. The minimum absolute atomic E-state index is 0.219. The van der Waals surface area contributed by atoms with Crippen LogP contribution in [0.3, 0.4) is 0 Å². The first-order valence-electron chi connectivity index (χ1n) is 10.4. The molecule has 34 heavy (non-hydrogen) atoms. The molecule has 4 rings (SSSR count). The van der Waals surface area contributed by atoms with E-state index in [0.717, 1.165) is 10.0 Å². The molecule has 3 aromatic rings. The number of anilines is 1. The number of ketones is 1. The molecule has 0 aromatic carbocycles. The van der Waals surface area contributed by atoms with E-state index in [1.54, 1.807) is 24.7 Å². The molecule has 0 spiro atoms. The van der Waals surface area contributed by atoms with Gasteiger partial charge in [0.1, 0.15) is 18.2 Å². The zero-order chi connectivity index (χ0) is 24.3. The van der Waals surface area contributed by atoms with Gasteiger partial charge >= 0.3 is 10.3 Å². The van der Waals surface area contributed by atoms with Crippen molar-refractivity contribution in [2.24, 2.45) is 0 Å². The van der Waals surface area contributed by atoms with Gasteiger partial charge in [0.15, 0.2) is 5.78 Å². The van der Waals surface area contributed by atoms with Gasteiger partial charge in [0.05, 0.1) is 11.7 Å². The van der Waals surface area contributed by atoms with Gasteiger partial charge in [0.2, 0.25) is 0 Å². The van der Waals surface area contributed by atoms with Crippen molar-refractivity contribution in [3.05, 3.63) is 70.6 Å². The first kappa shape index (κ1) is 24.4. The number of hydrogen-bond donors (Lipinski definition) is 3. The Balaban J connectivity index is 1.46. The van der Waals surface area contributed by atoms with Crippen LogP contribution >= 0.6 is 15.9 Å². The molecular weight excluding hydrogens is 528 g/mol. The van der Waals surface area contributed by atoms with Crippen LogP contribution in [0.5, 0.6) is 0 Å². The smallest absolute Gasteiger partial charge is 0.335 e. The van der Waals surface area contributed by atoms with Crippen molar-refractivity contribution in [2.75, 3.05) is 12.4 Å². The lowest BCUT2D eigenvalue weighted by molar-refractivity contribution is 0.0636. The van der Waals surface area contributed by atoms with Crippen molar-refractivity contribution in [1.29, 1.82) is 0 Å². The largest absolute Gasteiger partial charge is 0.390 e. The Morgan fingerprint density at radius 3 is 2.88 bits per heavy atom. The van der Waals surface area contributed by atoms with Crippen LogP contribution in [0.4, 0.5) is 5.82 Å². The Bertz CT molecular complexity index is 1280. The zero-order valence-electron chi connectivity index (χ0n) is 18.1. The SMILES string of the molecule is CNS(=O)(=O)O[C@@H]1C[C@H](Nc2ncncc2C(=O)c2ccn(Cc3cncc(Br)c3)c2)C[C@@H]1O.